The SMILES string of the molecule is N#[N+]c1cc2nc(Cl)[nH]c2cc1[N+](=O)[O-]. The predicted octanol–water partition coefficient (Wildman–Crippen LogP) is 2.61. The van der Waals surface area contributed by atoms with Crippen LogP contribution in [-0.4, -0.2) is 14.9 Å². The van der Waals surface area contributed by atoms with Gasteiger partial charge >= 0.3 is 11.4 Å². The lowest BCUT2D eigenvalue weighted by Gasteiger charge is -1.87. The van der Waals surface area contributed by atoms with Crippen LogP contribution < -0.4 is 0 Å². The van der Waals surface area contributed by atoms with Gasteiger partial charge in [-0.25, -0.2) is 4.98 Å². The van der Waals surface area contributed by atoms with Crippen LogP contribution in [0.15, 0.2) is 12.1 Å². The van der Waals surface area contributed by atoms with Gasteiger partial charge in [-0.2, -0.15) is 0 Å². The zero-order chi connectivity index (χ0) is 11.0. The van der Waals surface area contributed by atoms with Gasteiger partial charge in [-0.15, -0.1) is 0 Å². The van der Waals surface area contributed by atoms with E-state index in [1.807, 2.05) is 0 Å². The zero-order valence-electron chi connectivity index (χ0n) is 7.14. The third-order valence-corrected chi connectivity index (χ3v) is 2.03. The number of rotatable bonds is 1. The molecule has 0 saturated heterocycles. The topological polar surface area (TPSA) is 100.0 Å². The number of benzene rings is 1. The molecule has 0 aliphatic heterocycles. The van der Waals surface area contributed by atoms with E-state index in [9.17, 15) is 10.1 Å². The fourth-order valence-electron chi connectivity index (χ4n) is 1.23. The fourth-order valence-corrected chi connectivity index (χ4v) is 1.42. The Hall–Kier alpha value is -2.20. The number of H-pyrrole nitrogens is 1. The molecule has 0 unspecified atom stereocenters. The van der Waals surface area contributed by atoms with Crippen molar-refractivity contribution in [2.75, 3.05) is 0 Å². The van der Waals surface area contributed by atoms with Crippen molar-refractivity contribution in [3.63, 3.8) is 0 Å². The number of nitro groups is 1. The Morgan fingerprint density at radius 3 is 2.93 bits per heavy atom. The summed E-state index contributed by atoms with van der Waals surface area (Å²) in [7, 11) is 0. The Morgan fingerprint density at radius 2 is 2.33 bits per heavy atom. The molecule has 0 bridgehead atoms. The molecule has 7 nitrogen and oxygen atoms in total. The molecular formula is C7H3ClN5O2+. The molecule has 1 aromatic carbocycles. The molecule has 0 aliphatic carbocycles. The number of hydrogen-bond donors (Lipinski definition) is 1. The molecule has 8 heteroatoms. The molecule has 0 saturated carbocycles. The van der Waals surface area contributed by atoms with Crippen LogP contribution in [0.3, 0.4) is 0 Å². The minimum atomic E-state index is -0.650. The van der Waals surface area contributed by atoms with Crippen molar-refractivity contribution in [1.29, 1.82) is 5.39 Å². The van der Waals surface area contributed by atoms with Gasteiger partial charge in [0.05, 0.1) is 28.1 Å². The van der Waals surface area contributed by atoms with E-state index >= 15 is 0 Å². The molecule has 2 rings (SSSR count). The van der Waals surface area contributed by atoms with Gasteiger partial charge < -0.3 is 4.98 Å². The maximum Gasteiger partial charge on any atom is 0.463 e. The van der Waals surface area contributed by atoms with E-state index < -0.39 is 4.92 Å². The molecule has 1 heterocycles. The van der Waals surface area contributed by atoms with E-state index in [-0.39, 0.29) is 16.7 Å². The summed E-state index contributed by atoms with van der Waals surface area (Å²) in [6, 6.07) is 2.49. The summed E-state index contributed by atoms with van der Waals surface area (Å²) in [4.78, 5) is 19.2. The molecule has 15 heavy (non-hydrogen) atoms. The van der Waals surface area contributed by atoms with Gasteiger partial charge in [0.25, 0.3) is 0 Å². The number of imidazole rings is 1. The summed E-state index contributed by atoms with van der Waals surface area (Å²) in [6.07, 6.45) is 0. The van der Waals surface area contributed by atoms with E-state index in [2.05, 4.69) is 14.9 Å². The van der Waals surface area contributed by atoms with E-state index in [1.165, 1.54) is 12.1 Å². The number of nitrogens with one attached hydrogen (secondary N) is 1. The lowest BCUT2D eigenvalue weighted by molar-refractivity contribution is -0.383. The largest absolute Gasteiger partial charge is 0.463 e. The summed E-state index contributed by atoms with van der Waals surface area (Å²) in [5.41, 5.74) is 0.346. The first-order valence-corrected chi connectivity index (χ1v) is 4.18. The smallest absolute Gasteiger partial charge is 0.328 e. The molecule has 1 aromatic heterocycles. The highest BCUT2D eigenvalue weighted by atomic mass is 35.5. The van der Waals surface area contributed by atoms with Crippen LogP contribution >= 0.6 is 11.6 Å². The first kappa shape index (κ1) is 9.36. The number of halogens is 1. The van der Waals surface area contributed by atoms with Crippen molar-refractivity contribution >= 4 is 34.0 Å². The monoisotopic (exact) mass is 224 g/mol. The van der Waals surface area contributed by atoms with E-state index in [1.54, 1.807) is 0 Å². The van der Waals surface area contributed by atoms with Crippen LogP contribution in [0, 0.1) is 15.5 Å². The number of hydrogen-bond acceptors (Lipinski definition) is 4. The Balaban J connectivity index is 2.81. The summed E-state index contributed by atoms with van der Waals surface area (Å²) in [5, 5.41) is 19.3. The third-order valence-electron chi connectivity index (χ3n) is 1.85. The minimum absolute atomic E-state index is 0.120. The number of nitro benzene ring substituents is 1. The molecule has 0 spiro atoms. The van der Waals surface area contributed by atoms with E-state index in [0.29, 0.717) is 11.0 Å². The van der Waals surface area contributed by atoms with Gasteiger partial charge in [0.15, 0.2) is 4.98 Å². The lowest BCUT2D eigenvalue weighted by Crippen LogP contribution is -1.87. The highest BCUT2D eigenvalue weighted by molar-refractivity contribution is 6.29. The zero-order valence-corrected chi connectivity index (χ0v) is 7.89. The van der Waals surface area contributed by atoms with E-state index in [0.717, 1.165) is 0 Å². The molecule has 1 N–H and O–H groups in total. The van der Waals surface area contributed by atoms with Crippen LogP contribution in [0.2, 0.25) is 5.28 Å². The molecule has 0 radical (unpaired) electrons. The average molecular weight is 225 g/mol. The number of diazo groups is 1. The molecule has 0 fully saturated rings. The van der Waals surface area contributed by atoms with Crippen molar-refractivity contribution in [2.24, 2.45) is 0 Å². The van der Waals surface area contributed by atoms with E-state index in [4.69, 9.17) is 17.0 Å². The van der Waals surface area contributed by atoms with Gasteiger partial charge in [0, 0.05) is 0 Å². The molecule has 0 atom stereocenters. The first-order chi connectivity index (χ1) is 7.11. The highest BCUT2D eigenvalue weighted by Crippen LogP contribution is 2.31. The summed E-state index contributed by atoms with van der Waals surface area (Å²) in [5.74, 6) is 0. The van der Waals surface area contributed by atoms with Crippen LogP contribution in [-0.2, 0) is 0 Å². The Labute approximate surface area is 87.5 Å². The quantitative estimate of drug-likeness (QED) is 0.457. The minimum Gasteiger partial charge on any atom is -0.328 e. The average Bonchev–Trinajstić information content (AvgIpc) is 2.54. The summed E-state index contributed by atoms with van der Waals surface area (Å²) < 4.78 is 0. The summed E-state index contributed by atoms with van der Waals surface area (Å²) >= 11 is 5.58. The second kappa shape index (κ2) is 3.18. The standard InChI is InChI=1S/C7H3ClN5O2/c8-7-10-3-1-5(12-9)6(13(14)15)2-4(3)11-7/h1-2H,(H,10,11)/q+1. The molecular weight excluding hydrogens is 222 g/mol. The predicted molar refractivity (Wildman–Crippen MR) is 52.5 cm³/mol. The van der Waals surface area contributed by atoms with Crippen molar-refractivity contribution in [3.8, 4) is 0 Å². The second-order valence-electron chi connectivity index (χ2n) is 2.74. The maximum absolute atomic E-state index is 10.6. The second-order valence-corrected chi connectivity index (χ2v) is 3.10. The van der Waals surface area contributed by atoms with Crippen LogP contribution in [0.5, 0.6) is 0 Å². The number of aromatic amines is 1. The van der Waals surface area contributed by atoms with Gasteiger partial charge in [-0.05, 0) is 11.6 Å². The lowest BCUT2D eigenvalue weighted by atomic mass is 10.2. The van der Waals surface area contributed by atoms with Gasteiger partial charge in [-0.1, -0.05) is 0 Å². The van der Waals surface area contributed by atoms with Gasteiger partial charge in [0.1, 0.15) is 0 Å². The first-order valence-electron chi connectivity index (χ1n) is 3.80. The van der Waals surface area contributed by atoms with Crippen molar-refractivity contribution in [2.45, 2.75) is 0 Å². The Bertz CT molecular complexity index is 599. The maximum atomic E-state index is 10.6. The third kappa shape index (κ3) is 1.47. The normalized spacial score (nSPS) is 10.1. The molecule has 2 aromatic rings. The summed E-state index contributed by atoms with van der Waals surface area (Å²) in [6.45, 7) is 0. The van der Waals surface area contributed by atoms with Crippen LogP contribution in [0.1, 0.15) is 0 Å². The van der Waals surface area contributed by atoms with Crippen molar-refractivity contribution in [3.05, 3.63) is 32.5 Å². The number of fused-ring (bicyclic) bond motifs is 1. The van der Waals surface area contributed by atoms with Crippen molar-refractivity contribution in [1.82, 2.24) is 9.97 Å². The van der Waals surface area contributed by atoms with Gasteiger partial charge in [0.2, 0.25) is 10.7 Å². The molecule has 0 aliphatic rings. The molecule has 74 valence electrons. The van der Waals surface area contributed by atoms with Gasteiger partial charge in [-0.3, -0.25) is 10.1 Å². The molecule has 0 amide bonds. The Morgan fingerprint density at radius 1 is 1.60 bits per heavy atom. The van der Waals surface area contributed by atoms with Crippen LogP contribution in [0.4, 0.5) is 11.4 Å². The Kier molecular flexibility index (Phi) is 1.98. The fraction of sp³-hybridized carbons (Fsp3) is 0. The van der Waals surface area contributed by atoms with Crippen molar-refractivity contribution < 1.29 is 4.92 Å². The number of aromatic nitrogens is 2. The highest BCUT2D eigenvalue weighted by Gasteiger charge is 2.26. The number of nitrogens with zero attached hydrogens (tertiary/aromatic N) is 4. The van der Waals surface area contributed by atoms with Crippen LogP contribution in [0.25, 0.3) is 16.0 Å².